The first-order chi connectivity index (χ1) is 22.8. The van der Waals surface area contributed by atoms with Crippen LogP contribution in [0.4, 0.5) is 0 Å². The van der Waals surface area contributed by atoms with Gasteiger partial charge in [-0.05, 0) is 152 Å². The quantitative estimate of drug-likeness (QED) is 0.0952. The van der Waals surface area contributed by atoms with E-state index >= 15 is 0 Å². The van der Waals surface area contributed by atoms with Crippen molar-refractivity contribution in [2.45, 2.75) is 147 Å². The van der Waals surface area contributed by atoms with Crippen LogP contribution in [0, 0.1) is 94.7 Å². The number of aliphatic hydroxyl groups excluding tert-OH is 1. The van der Waals surface area contributed by atoms with Crippen molar-refractivity contribution in [1.29, 1.82) is 0 Å². The van der Waals surface area contributed by atoms with Crippen molar-refractivity contribution in [3.8, 4) is 0 Å². The first-order valence-electron chi connectivity index (χ1n) is 21.6. The van der Waals surface area contributed by atoms with E-state index in [1.807, 2.05) is 0 Å². The molecule has 0 saturated heterocycles. The number of ether oxygens (including phenoxy) is 2. The molecule has 0 aromatic heterocycles. The van der Waals surface area contributed by atoms with E-state index in [4.69, 9.17) is 9.47 Å². The Bertz CT molecular complexity index is 1000. The SMILES string of the molecule is OC[C@H](COCCCCCCCC[C@H]1C[C@@H]2[C@H]3[C@@H]4[C@H]5CC[C@H]5[C@@H]4[C@H]3[C@H]12)OCCCCCCCC[C@H]1CC[C@@H]2[C@H](C1)[C@H]1[C@@H]3CC[C@@H]3[C@@H]21. The van der Waals surface area contributed by atoms with Crippen molar-refractivity contribution in [2.24, 2.45) is 94.7 Å². The third-order valence-electron chi connectivity index (χ3n) is 17.6. The third-order valence-corrected chi connectivity index (χ3v) is 17.6. The van der Waals surface area contributed by atoms with Gasteiger partial charge in [0, 0.05) is 13.2 Å². The van der Waals surface area contributed by atoms with Gasteiger partial charge in [0.25, 0.3) is 0 Å². The van der Waals surface area contributed by atoms with Crippen LogP contribution in [-0.2, 0) is 9.47 Å². The molecule has 0 unspecified atom stereocenters. The molecule has 3 heteroatoms. The highest BCUT2D eigenvalue weighted by Gasteiger charge is 2.79. The number of aliphatic hydroxyl groups is 1. The lowest BCUT2D eigenvalue weighted by atomic mass is 9.20. The Morgan fingerprint density at radius 3 is 1.72 bits per heavy atom. The highest BCUT2D eigenvalue weighted by Crippen LogP contribution is 2.84. The predicted molar refractivity (Wildman–Crippen MR) is 185 cm³/mol. The zero-order valence-electron chi connectivity index (χ0n) is 29.5. The van der Waals surface area contributed by atoms with Gasteiger partial charge in [-0.1, -0.05) is 83.5 Å². The van der Waals surface area contributed by atoms with Crippen LogP contribution in [0.2, 0.25) is 0 Å². The molecule has 46 heavy (non-hydrogen) atoms. The van der Waals surface area contributed by atoms with Gasteiger partial charge in [0.2, 0.25) is 0 Å². The largest absolute Gasteiger partial charge is 0.394 e. The van der Waals surface area contributed by atoms with Crippen LogP contribution in [-0.4, -0.2) is 37.6 Å². The van der Waals surface area contributed by atoms with E-state index in [1.165, 1.54) is 148 Å². The number of rotatable bonds is 22. The molecule has 9 rings (SSSR count). The minimum atomic E-state index is -0.140. The molecule has 9 aliphatic carbocycles. The number of unbranched alkanes of at least 4 members (excludes halogenated alkanes) is 10. The smallest absolute Gasteiger partial charge is 0.104 e. The fraction of sp³-hybridized carbons (Fsp3) is 1.00. The van der Waals surface area contributed by atoms with E-state index in [-0.39, 0.29) is 12.7 Å². The maximum absolute atomic E-state index is 9.72. The fourth-order valence-corrected chi connectivity index (χ4v) is 15.1. The van der Waals surface area contributed by atoms with Gasteiger partial charge in [-0.15, -0.1) is 0 Å². The van der Waals surface area contributed by atoms with Crippen molar-refractivity contribution in [1.82, 2.24) is 0 Å². The molecule has 0 heterocycles. The number of hydrogen-bond acceptors (Lipinski definition) is 3. The third kappa shape index (κ3) is 5.43. The van der Waals surface area contributed by atoms with E-state index in [0.717, 1.165) is 43.8 Å². The Balaban J connectivity index is 0.521. The Hall–Kier alpha value is -0.120. The van der Waals surface area contributed by atoms with Crippen LogP contribution in [0.15, 0.2) is 0 Å². The van der Waals surface area contributed by atoms with Crippen molar-refractivity contribution in [2.75, 3.05) is 26.4 Å². The summed E-state index contributed by atoms with van der Waals surface area (Å²) in [6.45, 7) is 2.23. The van der Waals surface area contributed by atoms with Gasteiger partial charge in [0.1, 0.15) is 6.10 Å². The van der Waals surface area contributed by atoms with Crippen LogP contribution in [0.25, 0.3) is 0 Å². The summed E-state index contributed by atoms with van der Waals surface area (Å²) in [6, 6.07) is 0. The van der Waals surface area contributed by atoms with Gasteiger partial charge in [-0.25, -0.2) is 0 Å². The van der Waals surface area contributed by atoms with Gasteiger partial charge in [-0.2, -0.15) is 0 Å². The Kier molecular flexibility index (Phi) is 9.61. The second kappa shape index (κ2) is 13.9. The van der Waals surface area contributed by atoms with E-state index < -0.39 is 0 Å². The molecule has 1 N–H and O–H groups in total. The van der Waals surface area contributed by atoms with E-state index in [9.17, 15) is 5.11 Å². The molecule has 0 aliphatic heterocycles. The molecule has 9 fully saturated rings. The number of fused-ring (bicyclic) bond motifs is 17. The monoisotopic (exact) mass is 635 g/mol. The summed E-state index contributed by atoms with van der Waals surface area (Å²) in [4.78, 5) is 0. The van der Waals surface area contributed by atoms with Crippen molar-refractivity contribution in [3.05, 3.63) is 0 Å². The Morgan fingerprint density at radius 1 is 0.457 bits per heavy atom. The molecule has 0 aromatic carbocycles. The molecule has 0 bridgehead atoms. The molecule has 0 amide bonds. The highest BCUT2D eigenvalue weighted by molar-refractivity contribution is 5.27. The summed E-state index contributed by atoms with van der Waals surface area (Å²) in [5.74, 6) is 19.1. The van der Waals surface area contributed by atoms with Crippen LogP contribution in [0.1, 0.15) is 141 Å². The molecule has 260 valence electrons. The van der Waals surface area contributed by atoms with Crippen molar-refractivity contribution < 1.29 is 14.6 Å². The van der Waals surface area contributed by atoms with Crippen LogP contribution < -0.4 is 0 Å². The standard InChI is InChI=1S/C43H70O3/c44-25-29(46-22-12-8-4-1-5-9-13-27-15-16-34-35(23-27)39-31-18-17-30(31)38(34)39)26-45-21-11-7-3-2-6-10-14-28-24-36-37(28)43-41-33-20-19-32(33)40(41)42(36)43/h27-44H,1-26H2/t27-,28-,29+,30-,31+,32-,33+,34+,35-,36-,37+,38-,39+,40+,41-,42-,43+/m0/s1. The fourth-order valence-electron chi connectivity index (χ4n) is 15.1. The second-order valence-electron chi connectivity index (χ2n) is 19.1. The zero-order chi connectivity index (χ0) is 30.6. The summed E-state index contributed by atoms with van der Waals surface area (Å²) in [5, 5.41) is 9.72. The lowest BCUT2D eigenvalue weighted by molar-refractivity contribution is -0.375. The lowest BCUT2D eigenvalue weighted by Crippen LogP contribution is -2.80. The molecule has 17 atom stereocenters. The van der Waals surface area contributed by atoms with Crippen LogP contribution in [0.3, 0.4) is 0 Å². The lowest BCUT2D eigenvalue weighted by Gasteiger charge is -2.85. The second-order valence-corrected chi connectivity index (χ2v) is 19.1. The summed E-state index contributed by atoms with van der Waals surface area (Å²) in [7, 11) is 0. The zero-order valence-corrected chi connectivity index (χ0v) is 29.5. The molecule has 9 saturated carbocycles. The topological polar surface area (TPSA) is 38.7 Å². The molecule has 0 aromatic rings. The van der Waals surface area contributed by atoms with Crippen LogP contribution >= 0.6 is 0 Å². The van der Waals surface area contributed by atoms with E-state index in [0.29, 0.717) is 6.61 Å². The van der Waals surface area contributed by atoms with Crippen LogP contribution in [0.5, 0.6) is 0 Å². The maximum Gasteiger partial charge on any atom is 0.104 e. The molecule has 0 spiro atoms. The van der Waals surface area contributed by atoms with Gasteiger partial charge < -0.3 is 14.6 Å². The summed E-state index contributed by atoms with van der Waals surface area (Å²) >= 11 is 0. The molecular formula is C43H70O3. The minimum Gasteiger partial charge on any atom is -0.394 e. The average Bonchev–Trinajstić information content (AvgIpc) is 3.03. The van der Waals surface area contributed by atoms with E-state index in [2.05, 4.69) is 0 Å². The number of hydrogen-bond donors (Lipinski definition) is 1. The summed E-state index contributed by atoms with van der Waals surface area (Å²) in [6.07, 6.45) is 31.8. The van der Waals surface area contributed by atoms with Gasteiger partial charge in [-0.3, -0.25) is 0 Å². The Labute approximate surface area is 282 Å². The predicted octanol–water partition coefficient (Wildman–Crippen LogP) is 9.94. The van der Waals surface area contributed by atoms with Gasteiger partial charge >= 0.3 is 0 Å². The molecular weight excluding hydrogens is 564 g/mol. The first kappa shape index (κ1) is 31.8. The molecule has 0 radical (unpaired) electrons. The Morgan fingerprint density at radius 2 is 1.00 bits per heavy atom. The maximum atomic E-state index is 9.72. The highest BCUT2D eigenvalue weighted by atomic mass is 16.5. The summed E-state index contributed by atoms with van der Waals surface area (Å²) < 4.78 is 11.8. The van der Waals surface area contributed by atoms with Gasteiger partial charge in [0.15, 0.2) is 0 Å². The van der Waals surface area contributed by atoms with Crippen molar-refractivity contribution >= 4 is 0 Å². The van der Waals surface area contributed by atoms with Gasteiger partial charge in [0.05, 0.1) is 13.2 Å². The molecule has 9 aliphatic rings. The summed E-state index contributed by atoms with van der Waals surface area (Å²) in [5.41, 5.74) is 0. The average molecular weight is 635 g/mol. The normalized spacial score (nSPS) is 48.2. The molecule has 3 nitrogen and oxygen atoms in total. The van der Waals surface area contributed by atoms with Crippen molar-refractivity contribution in [3.63, 3.8) is 0 Å². The minimum absolute atomic E-state index is 0.0811. The van der Waals surface area contributed by atoms with E-state index in [1.54, 1.807) is 57.8 Å². The first-order valence-corrected chi connectivity index (χ1v) is 21.6.